The van der Waals surface area contributed by atoms with Gasteiger partial charge in [0.15, 0.2) is 0 Å². The number of hydrogen-bond donors (Lipinski definition) is 0. The van der Waals surface area contributed by atoms with Crippen LogP contribution in [0, 0.1) is 6.57 Å². The summed E-state index contributed by atoms with van der Waals surface area (Å²) >= 11 is 6.15. The Morgan fingerprint density at radius 3 is 2.57 bits per heavy atom. The molecular weight excluding hydrogens is 326 g/mol. The van der Waals surface area contributed by atoms with E-state index in [1.165, 1.54) is 0 Å². The van der Waals surface area contributed by atoms with Crippen LogP contribution in [-0.2, 0) is 6.54 Å². The lowest BCUT2D eigenvalue weighted by Crippen LogP contribution is -2.01. The first kappa shape index (κ1) is 16.5. The summed E-state index contributed by atoms with van der Waals surface area (Å²) < 4.78 is 21.3. The zero-order valence-corrected chi connectivity index (χ0v) is 12.3. The Kier molecular flexibility index (Phi) is 5.33. The quantitative estimate of drug-likeness (QED) is 0.503. The van der Waals surface area contributed by atoms with Crippen LogP contribution in [0.5, 0.6) is 0 Å². The summed E-state index contributed by atoms with van der Waals surface area (Å²) in [4.78, 5) is 20.0. The van der Waals surface area contributed by atoms with Crippen LogP contribution in [0.3, 0.4) is 0 Å². The van der Waals surface area contributed by atoms with Gasteiger partial charge in [-0.3, -0.25) is 4.98 Å². The molecule has 0 fully saturated rings. The second kappa shape index (κ2) is 7.42. The van der Waals surface area contributed by atoms with Crippen molar-refractivity contribution >= 4 is 34.6 Å². The van der Waals surface area contributed by atoms with Gasteiger partial charge in [0, 0.05) is 6.20 Å². The smallest absolute Gasteiger partial charge is 0.309 e. The van der Waals surface area contributed by atoms with Crippen LogP contribution in [0.2, 0.25) is 5.28 Å². The third-order valence-corrected chi connectivity index (χ3v) is 3.15. The van der Waals surface area contributed by atoms with Gasteiger partial charge >= 0.3 is 6.29 Å². The minimum atomic E-state index is -2.83. The van der Waals surface area contributed by atoms with Crippen LogP contribution in [0.15, 0.2) is 42.6 Å². The lowest BCUT2D eigenvalue weighted by Gasteiger charge is -2.05. The number of nitrogens with zero attached hydrogens (tertiary/aromatic N) is 4. The predicted molar refractivity (Wildman–Crippen MR) is 82.0 cm³/mol. The summed E-state index contributed by atoms with van der Waals surface area (Å²) in [6.07, 6.45) is -1.27. The Hall–Kier alpha value is -2.85. The molecule has 0 aliphatic carbocycles. The van der Waals surface area contributed by atoms with Gasteiger partial charge in [0.1, 0.15) is 0 Å². The molecule has 8 heteroatoms. The van der Waals surface area contributed by atoms with Gasteiger partial charge in [0.2, 0.25) is 11.0 Å². The highest BCUT2D eigenvalue weighted by atomic mass is 35.5. The zero-order valence-electron chi connectivity index (χ0n) is 11.6. The van der Waals surface area contributed by atoms with Crippen molar-refractivity contribution in [1.29, 1.82) is 0 Å². The minimum Gasteiger partial charge on any atom is -0.309 e. The van der Waals surface area contributed by atoms with Gasteiger partial charge < -0.3 is 4.57 Å². The summed E-state index contributed by atoms with van der Waals surface area (Å²) in [7, 11) is 0. The number of hydrogen-bond acceptors (Lipinski definition) is 3. The highest BCUT2D eigenvalue weighted by molar-refractivity contribution is 6.29. The lowest BCUT2D eigenvalue weighted by molar-refractivity contribution is 0.199. The fourth-order valence-corrected chi connectivity index (χ4v) is 2.18. The summed E-state index contributed by atoms with van der Waals surface area (Å²) in [5.74, 6) is 0. The maximum atomic E-state index is 9.69. The number of rotatable bonds is 2. The van der Waals surface area contributed by atoms with E-state index in [0.29, 0.717) is 17.5 Å². The fourth-order valence-electron chi connectivity index (χ4n) is 1.93. The topological polar surface area (TPSA) is 52.1 Å². The van der Waals surface area contributed by atoms with Crippen LogP contribution in [-0.4, -0.2) is 20.8 Å². The Bertz CT molecular complexity index is 867. The number of pyridine rings is 1. The van der Waals surface area contributed by atoms with Gasteiger partial charge in [-0.1, -0.05) is 18.2 Å². The molecule has 2 aromatic heterocycles. The molecule has 0 saturated carbocycles. The Morgan fingerprint density at radius 2 is 1.96 bits per heavy atom. The first-order valence-corrected chi connectivity index (χ1v) is 6.67. The number of carbonyl (C=O) groups is 1. The second-order valence-corrected chi connectivity index (χ2v) is 4.64. The summed E-state index contributed by atoms with van der Waals surface area (Å²) in [6, 6.07) is 11.4. The molecular formula is C15H9ClF2N4O. The zero-order chi connectivity index (χ0) is 16.8. The van der Waals surface area contributed by atoms with Crippen molar-refractivity contribution in [2.75, 3.05) is 0 Å². The first-order chi connectivity index (χ1) is 11.0. The first-order valence-electron chi connectivity index (χ1n) is 6.29. The Balaban J connectivity index is 0.000000433. The molecule has 23 heavy (non-hydrogen) atoms. The van der Waals surface area contributed by atoms with Crippen molar-refractivity contribution in [2.45, 2.75) is 6.54 Å². The minimum absolute atomic E-state index is 0.442. The van der Waals surface area contributed by atoms with Crippen molar-refractivity contribution in [1.82, 2.24) is 14.5 Å². The maximum Gasteiger partial charge on any atom is 0.483 e. The van der Waals surface area contributed by atoms with Crippen molar-refractivity contribution in [2.24, 2.45) is 0 Å². The number of fused-ring (bicyclic) bond motifs is 1. The van der Waals surface area contributed by atoms with Crippen molar-refractivity contribution in [3.63, 3.8) is 0 Å². The molecule has 0 saturated heterocycles. The summed E-state index contributed by atoms with van der Waals surface area (Å²) in [6.45, 7) is 7.44. The van der Waals surface area contributed by atoms with Gasteiger partial charge in [0.25, 0.3) is 0 Å². The third kappa shape index (κ3) is 4.31. The van der Waals surface area contributed by atoms with E-state index in [4.69, 9.17) is 23.0 Å². The van der Waals surface area contributed by atoms with Crippen LogP contribution >= 0.6 is 11.6 Å². The lowest BCUT2D eigenvalue weighted by atomic mass is 10.3. The number of halogens is 3. The molecule has 0 N–H and O–H groups in total. The normalized spacial score (nSPS) is 9.83. The standard InChI is InChI=1S/C14H9ClN4.CF2O/c1-16-10-6-7-11(17-8-10)9-19-13-5-3-2-4-12(13)18-14(19)15;2-1(3)4/h2-8H,9H2;. The molecule has 3 aromatic rings. The van der Waals surface area contributed by atoms with E-state index in [-0.39, 0.29) is 0 Å². The molecule has 116 valence electrons. The SMILES string of the molecule is O=C(F)F.[C-]#[N+]c1ccc(Cn2c(Cl)nc3ccccc32)nc1. The van der Waals surface area contributed by atoms with E-state index in [1.807, 2.05) is 34.9 Å². The molecule has 2 heterocycles. The van der Waals surface area contributed by atoms with Gasteiger partial charge in [-0.15, -0.1) is 8.78 Å². The fraction of sp³-hybridized carbons (Fsp3) is 0.0667. The Morgan fingerprint density at radius 1 is 1.26 bits per heavy atom. The van der Waals surface area contributed by atoms with Gasteiger partial charge in [-0.05, 0) is 29.8 Å². The molecule has 0 bridgehead atoms. The van der Waals surface area contributed by atoms with E-state index in [9.17, 15) is 8.78 Å². The van der Waals surface area contributed by atoms with Gasteiger partial charge in [-0.2, -0.15) is 0 Å². The maximum absolute atomic E-state index is 9.69. The van der Waals surface area contributed by atoms with Crippen molar-refractivity contribution < 1.29 is 13.6 Å². The molecule has 0 aliphatic heterocycles. The highest BCUT2D eigenvalue weighted by Gasteiger charge is 2.09. The number of aromatic nitrogens is 3. The molecule has 0 spiro atoms. The third-order valence-electron chi connectivity index (χ3n) is 2.87. The van der Waals surface area contributed by atoms with Crippen LogP contribution in [0.1, 0.15) is 5.69 Å². The number of imidazole rings is 1. The van der Waals surface area contributed by atoms with Crippen LogP contribution < -0.4 is 0 Å². The van der Waals surface area contributed by atoms with Crippen molar-refractivity contribution in [3.05, 3.63) is 65.0 Å². The molecule has 5 nitrogen and oxygen atoms in total. The van der Waals surface area contributed by atoms with Gasteiger partial charge in [0.05, 0.1) is 29.8 Å². The average Bonchev–Trinajstić information content (AvgIpc) is 2.84. The second-order valence-electron chi connectivity index (χ2n) is 4.30. The molecule has 0 unspecified atom stereocenters. The van der Waals surface area contributed by atoms with E-state index in [2.05, 4.69) is 14.8 Å². The number of para-hydroxylation sites is 2. The van der Waals surface area contributed by atoms with Crippen LogP contribution in [0.4, 0.5) is 19.3 Å². The van der Waals surface area contributed by atoms with E-state index in [1.54, 1.807) is 12.3 Å². The highest BCUT2D eigenvalue weighted by Crippen LogP contribution is 2.21. The van der Waals surface area contributed by atoms with E-state index >= 15 is 0 Å². The summed E-state index contributed by atoms with van der Waals surface area (Å²) in [5.41, 5.74) is 3.22. The van der Waals surface area contributed by atoms with Gasteiger partial charge in [-0.25, -0.2) is 14.6 Å². The largest absolute Gasteiger partial charge is 0.483 e. The Labute approximate surface area is 135 Å². The molecule has 3 rings (SSSR count). The monoisotopic (exact) mass is 334 g/mol. The number of benzene rings is 1. The molecule has 0 amide bonds. The molecule has 0 aliphatic rings. The average molecular weight is 335 g/mol. The molecule has 0 radical (unpaired) electrons. The van der Waals surface area contributed by atoms with Crippen molar-refractivity contribution in [3.8, 4) is 0 Å². The molecule has 1 aromatic carbocycles. The summed E-state index contributed by atoms with van der Waals surface area (Å²) in [5, 5.41) is 0.442. The molecule has 0 atom stereocenters. The van der Waals surface area contributed by atoms with E-state index in [0.717, 1.165) is 16.7 Å². The van der Waals surface area contributed by atoms with Crippen LogP contribution in [0.25, 0.3) is 15.9 Å². The predicted octanol–water partition coefficient (Wildman–Crippen LogP) is 4.73. The van der Waals surface area contributed by atoms with E-state index < -0.39 is 6.29 Å². The number of carbonyl (C=O) groups excluding carboxylic acids is 1.